The van der Waals surface area contributed by atoms with Gasteiger partial charge in [-0.2, -0.15) is 0 Å². The van der Waals surface area contributed by atoms with E-state index in [-0.39, 0.29) is 41.5 Å². The summed E-state index contributed by atoms with van der Waals surface area (Å²) in [6, 6.07) is 2.26. The van der Waals surface area contributed by atoms with E-state index in [1.54, 1.807) is 0 Å². The third-order valence-corrected chi connectivity index (χ3v) is 8.52. The van der Waals surface area contributed by atoms with Gasteiger partial charge in [-0.1, -0.05) is 60.5 Å². The summed E-state index contributed by atoms with van der Waals surface area (Å²) in [6.45, 7) is 16.4. The van der Waals surface area contributed by atoms with Crippen LogP contribution in [0.4, 0.5) is 0 Å². The van der Waals surface area contributed by atoms with E-state index in [0.29, 0.717) is 43.3 Å². The van der Waals surface area contributed by atoms with Crippen LogP contribution in [0.3, 0.4) is 0 Å². The Balaban J connectivity index is 2.31. The number of fused-ring (bicyclic) bond motifs is 1. The molecule has 0 aliphatic heterocycles. The van der Waals surface area contributed by atoms with Gasteiger partial charge in [0.1, 0.15) is 17.3 Å². The number of Topliss-reactive ketones (excluding diaryl/α,β-unsaturated/α-hetero) is 4. The molecule has 2 rings (SSSR count). The quantitative estimate of drug-likeness (QED) is 0.204. The van der Waals surface area contributed by atoms with Crippen molar-refractivity contribution >= 4 is 23.1 Å². The van der Waals surface area contributed by atoms with Gasteiger partial charge in [-0.25, -0.2) is 0 Å². The Bertz CT molecular complexity index is 1000. The first kappa shape index (κ1) is 32.1. The van der Waals surface area contributed by atoms with E-state index in [1.165, 1.54) is 18.1 Å². The molecule has 0 fully saturated rings. The fraction of sp³-hybridized carbons (Fsp3) is 0.706. The monoisotopic (exact) mass is 524 g/mol. The van der Waals surface area contributed by atoms with Crippen LogP contribution in [0.15, 0.2) is 6.07 Å². The summed E-state index contributed by atoms with van der Waals surface area (Å²) in [6.07, 6.45) is 7.70. The van der Waals surface area contributed by atoms with E-state index in [4.69, 9.17) is 0 Å². The SMILES string of the molecule is CCCC(CC1CC(=O)c2c(C)c(CCC(=O)CCC(C)C)cc(C(C)C)c2C1)C(CC)C(=O)CC(C)=O. The highest BCUT2D eigenvalue weighted by Gasteiger charge is 2.34. The van der Waals surface area contributed by atoms with Gasteiger partial charge in [0.05, 0.1) is 6.42 Å². The molecular weight excluding hydrogens is 472 g/mol. The Hall–Kier alpha value is -2.10. The minimum absolute atomic E-state index is 0.0184. The lowest BCUT2D eigenvalue weighted by Gasteiger charge is -2.33. The maximum atomic E-state index is 13.6. The third-order valence-electron chi connectivity index (χ3n) is 8.52. The van der Waals surface area contributed by atoms with E-state index in [9.17, 15) is 19.2 Å². The standard InChI is InChI=1S/C34H52O4/c1-9-11-27(29(10-2)32(37)16-23(7)35)17-25-18-31-30(22(5)6)20-26(24(8)34(31)33(38)19-25)13-15-28(36)14-12-21(3)4/h20-22,25,27,29H,9-19H2,1-8H3. The number of carbonyl (C=O) groups excluding carboxylic acids is 4. The molecule has 0 saturated heterocycles. The second-order valence-electron chi connectivity index (χ2n) is 12.6. The molecule has 0 bridgehead atoms. The van der Waals surface area contributed by atoms with Gasteiger partial charge in [-0.05, 0) is 91.9 Å². The first-order valence-electron chi connectivity index (χ1n) is 15.1. The van der Waals surface area contributed by atoms with Crippen molar-refractivity contribution < 1.29 is 19.2 Å². The highest BCUT2D eigenvalue weighted by Crippen LogP contribution is 2.40. The molecule has 1 aromatic carbocycles. The number of carbonyl (C=O) groups is 4. The van der Waals surface area contributed by atoms with Gasteiger partial charge in [0.2, 0.25) is 0 Å². The predicted octanol–water partition coefficient (Wildman–Crippen LogP) is 8.18. The maximum Gasteiger partial charge on any atom is 0.163 e. The van der Waals surface area contributed by atoms with Crippen molar-refractivity contribution in [3.05, 3.63) is 33.9 Å². The molecule has 3 atom stereocenters. The van der Waals surface area contributed by atoms with Gasteiger partial charge >= 0.3 is 0 Å². The van der Waals surface area contributed by atoms with E-state index in [0.717, 1.165) is 55.2 Å². The molecule has 212 valence electrons. The van der Waals surface area contributed by atoms with Crippen LogP contribution < -0.4 is 0 Å². The smallest absolute Gasteiger partial charge is 0.163 e. The zero-order valence-corrected chi connectivity index (χ0v) is 25.4. The number of ketones is 4. The van der Waals surface area contributed by atoms with E-state index in [2.05, 4.69) is 47.6 Å². The number of hydrogen-bond donors (Lipinski definition) is 0. The average Bonchev–Trinajstić information content (AvgIpc) is 2.81. The van der Waals surface area contributed by atoms with Crippen molar-refractivity contribution in [2.24, 2.45) is 23.7 Å². The molecule has 0 radical (unpaired) electrons. The number of hydrogen-bond acceptors (Lipinski definition) is 4. The average molecular weight is 525 g/mol. The molecule has 1 aliphatic rings. The Kier molecular flexibility index (Phi) is 12.6. The number of benzene rings is 1. The zero-order chi connectivity index (χ0) is 28.6. The van der Waals surface area contributed by atoms with E-state index < -0.39 is 0 Å². The molecule has 3 unspecified atom stereocenters. The fourth-order valence-electron chi connectivity index (χ4n) is 6.51. The topological polar surface area (TPSA) is 68.3 Å². The second-order valence-corrected chi connectivity index (χ2v) is 12.6. The molecule has 4 heteroatoms. The van der Waals surface area contributed by atoms with Crippen LogP contribution in [0, 0.1) is 30.6 Å². The summed E-state index contributed by atoms with van der Waals surface area (Å²) >= 11 is 0. The van der Waals surface area contributed by atoms with E-state index >= 15 is 0 Å². The molecule has 4 nitrogen and oxygen atoms in total. The molecule has 0 saturated carbocycles. The van der Waals surface area contributed by atoms with Crippen LogP contribution in [0.25, 0.3) is 0 Å². The molecule has 0 aromatic heterocycles. The number of aryl methyl sites for hydroxylation is 1. The minimum atomic E-state index is -0.114. The molecule has 0 spiro atoms. The lowest BCUT2D eigenvalue weighted by atomic mass is 9.70. The lowest BCUT2D eigenvalue weighted by molar-refractivity contribution is -0.130. The molecule has 38 heavy (non-hydrogen) atoms. The van der Waals surface area contributed by atoms with Gasteiger partial charge in [0, 0.05) is 30.7 Å². The predicted molar refractivity (Wildman–Crippen MR) is 156 cm³/mol. The van der Waals surface area contributed by atoms with Crippen molar-refractivity contribution in [3.63, 3.8) is 0 Å². The van der Waals surface area contributed by atoms with Crippen LogP contribution in [0.1, 0.15) is 145 Å². The van der Waals surface area contributed by atoms with Gasteiger partial charge in [0.15, 0.2) is 5.78 Å². The first-order chi connectivity index (χ1) is 17.9. The summed E-state index contributed by atoms with van der Waals surface area (Å²) in [4.78, 5) is 50.7. The van der Waals surface area contributed by atoms with Crippen molar-refractivity contribution in [1.82, 2.24) is 0 Å². The molecule has 0 heterocycles. The lowest BCUT2D eigenvalue weighted by Crippen LogP contribution is -2.30. The number of rotatable bonds is 16. The van der Waals surface area contributed by atoms with Crippen molar-refractivity contribution in [2.45, 2.75) is 132 Å². The van der Waals surface area contributed by atoms with Crippen LogP contribution in [-0.4, -0.2) is 23.1 Å². The fourth-order valence-corrected chi connectivity index (χ4v) is 6.51. The summed E-state index contributed by atoms with van der Waals surface area (Å²) in [5.74, 6) is 1.63. The summed E-state index contributed by atoms with van der Waals surface area (Å²) < 4.78 is 0. The summed E-state index contributed by atoms with van der Waals surface area (Å²) in [5.41, 5.74) is 5.51. The van der Waals surface area contributed by atoms with Gasteiger partial charge < -0.3 is 0 Å². The van der Waals surface area contributed by atoms with Crippen LogP contribution in [-0.2, 0) is 27.2 Å². The van der Waals surface area contributed by atoms with Gasteiger partial charge in [0.25, 0.3) is 0 Å². The normalized spacial score (nSPS) is 17.0. The van der Waals surface area contributed by atoms with Crippen LogP contribution in [0.5, 0.6) is 0 Å². The second kappa shape index (κ2) is 14.9. The van der Waals surface area contributed by atoms with Crippen LogP contribution >= 0.6 is 0 Å². The van der Waals surface area contributed by atoms with Crippen molar-refractivity contribution in [2.75, 3.05) is 0 Å². The molecule has 0 amide bonds. The molecule has 1 aromatic rings. The Morgan fingerprint density at radius 3 is 2.24 bits per heavy atom. The largest absolute Gasteiger partial charge is 0.300 e. The highest BCUT2D eigenvalue weighted by molar-refractivity contribution is 6.01. The Morgan fingerprint density at radius 1 is 1.00 bits per heavy atom. The summed E-state index contributed by atoms with van der Waals surface area (Å²) in [5, 5.41) is 0. The minimum Gasteiger partial charge on any atom is -0.300 e. The van der Waals surface area contributed by atoms with Gasteiger partial charge in [-0.3, -0.25) is 19.2 Å². The Morgan fingerprint density at radius 2 is 1.68 bits per heavy atom. The third kappa shape index (κ3) is 8.71. The molecular formula is C34H52O4. The summed E-state index contributed by atoms with van der Waals surface area (Å²) in [7, 11) is 0. The first-order valence-corrected chi connectivity index (χ1v) is 15.1. The van der Waals surface area contributed by atoms with Crippen molar-refractivity contribution in [3.8, 4) is 0 Å². The van der Waals surface area contributed by atoms with Crippen LogP contribution in [0.2, 0.25) is 0 Å². The van der Waals surface area contributed by atoms with E-state index in [1.807, 2.05) is 6.92 Å². The van der Waals surface area contributed by atoms with Gasteiger partial charge in [-0.15, -0.1) is 0 Å². The maximum absolute atomic E-state index is 13.6. The molecule has 1 aliphatic carbocycles. The molecule has 0 N–H and O–H groups in total. The Labute approximate surface area is 231 Å². The van der Waals surface area contributed by atoms with Crippen molar-refractivity contribution in [1.29, 1.82) is 0 Å². The zero-order valence-electron chi connectivity index (χ0n) is 25.4. The highest BCUT2D eigenvalue weighted by atomic mass is 16.1.